The van der Waals surface area contributed by atoms with E-state index in [1.165, 1.54) is 0 Å². The summed E-state index contributed by atoms with van der Waals surface area (Å²) in [4.78, 5) is 13.7. The number of aromatic nitrogens is 1. The van der Waals surface area contributed by atoms with Gasteiger partial charge in [0.2, 0.25) is 11.8 Å². The first-order valence-electron chi connectivity index (χ1n) is 7.31. The van der Waals surface area contributed by atoms with Crippen molar-refractivity contribution in [2.45, 2.75) is 12.8 Å². The van der Waals surface area contributed by atoms with Crippen molar-refractivity contribution < 1.29 is 9.32 Å². The maximum atomic E-state index is 12.0. The average Bonchev–Trinajstić information content (AvgIpc) is 3.17. The van der Waals surface area contributed by atoms with Crippen LogP contribution in [-0.4, -0.2) is 29.1 Å². The lowest BCUT2D eigenvalue weighted by atomic mass is 10.0. The third kappa shape index (κ3) is 3.82. The Bertz CT molecular complexity index is 735. The van der Waals surface area contributed by atoms with Crippen molar-refractivity contribution in [2.24, 2.45) is 5.92 Å². The number of nitriles is 1. The molecule has 3 rings (SSSR count). The first-order valence-corrected chi connectivity index (χ1v) is 7.69. The Kier molecular flexibility index (Phi) is 4.49. The summed E-state index contributed by atoms with van der Waals surface area (Å²) in [6.45, 7) is 1.35. The van der Waals surface area contributed by atoms with Crippen molar-refractivity contribution in [3.63, 3.8) is 0 Å². The molecule has 1 aromatic heterocycles. The molecular formula is C16H15ClN4O2. The third-order valence-corrected chi connectivity index (χ3v) is 4.07. The average molecular weight is 331 g/mol. The van der Waals surface area contributed by atoms with Gasteiger partial charge < -0.3 is 9.42 Å². The first kappa shape index (κ1) is 15.4. The number of nitrogens with one attached hydrogen (secondary N) is 1. The summed E-state index contributed by atoms with van der Waals surface area (Å²) in [6, 6.07) is 8.88. The van der Waals surface area contributed by atoms with Gasteiger partial charge in [-0.25, -0.2) is 0 Å². The van der Waals surface area contributed by atoms with E-state index in [9.17, 15) is 4.79 Å². The van der Waals surface area contributed by atoms with E-state index in [0.717, 1.165) is 18.5 Å². The van der Waals surface area contributed by atoms with Crippen molar-refractivity contribution >= 4 is 23.4 Å². The minimum Gasteiger partial charge on any atom is -0.338 e. The topological polar surface area (TPSA) is 82.2 Å². The van der Waals surface area contributed by atoms with Crippen molar-refractivity contribution in [1.29, 1.82) is 5.26 Å². The summed E-state index contributed by atoms with van der Waals surface area (Å²) >= 11 is 5.85. The number of hydrogen-bond donors (Lipinski definition) is 1. The Balaban J connectivity index is 1.57. The second-order valence-corrected chi connectivity index (χ2v) is 5.97. The molecule has 0 unspecified atom stereocenters. The van der Waals surface area contributed by atoms with Crippen LogP contribution >= 0.6 is 11.6 Å². The SMILES string of the molecule is N#CN1CC[C@@H](CC(=O)Nc2cc(-c3ccc(Cl)cc3)no2)C1. The van der Waals surface area contributed by atoms with Crippen LogP contribution in [-0.2, 0) is 4.79 Å². The quantitative estimate of drug-likeness (QED) is 0.871. The van der Waals surface area contributed by atoms with E-state index in [-0.39, 0.29) is 11.8 Å². The molecule has 0 radical (unpaired) electrons. The molecular weight excluding hydrogens is 316 g/mol. The van der Waals surface area contributed by atoms with Gasteiger partial charge >= 0.3 is 0 Å². The molecule has 1 aromatic carbocycles. The number of carbonyl (C=O) groups excluding carboxylic acids is 1. The van der Waals surface area contributed by atoms with Crippen molar-refractivity contribution in [3.05, 3.63) is 35.4 Å². The fourth-order valence-electron chi connectivity index (χ4n) is 2.63. The fourth-order valence-corrected chi connectivity index (χ4v) is 2.76. The number of halogens is 1. The maximum absolute atomic E-state index is 12.0. The van der Waals surface area contributed by atoms with Crippen LogP contribution in [0.3, 0.4) is 0 Å². The minimum atomic E-state index is -0.131. The van der Waals surface area contributed by atoms with Gasteiger partial charge in [0.25, 0.3) is 0 Å². The van der Waals surface area contributed by atoms with E-state index in [1.54, 1.807) is 23.1 Å². The first-order chi connectivity index (χ1) is 11.1. The molecule has 1 aliphatic heterocycles. The number of benzene rings is 1. The summed E-state index contributed by atoms with van der Waals surface area (Å²) in [5.74, 6) is 0.386. The lowest BCUT2D eigenvalue weighted by Crippen LogP contribution is -2.19. The summed E-state index contributed by atoms with van der Waals surface area (Å²) in [6.07, 6.45) is 3.33. The van der Waals surface area contributed by atoms with E-state index >= 15 is 0 Å². The van der Waals surface area contributed by atoms with Gasteiger partial charge in [-0.05, 0) is 24.5 Å². The number of anilines is 1. The molecule has 7 heteroatoms. The molecule has 1 N–H and O–H groups in total. The molecule has 118 valence electrons. The maximum Gasteiger partial charge on any atom is 0.231 e. The highest BCUT2D eigenvalue weighted by atomic mass is 35.5. The molecule has 23 heavy (non-hydrogen) atoms. The summed E-state index contributed by atoms with van der Waals surface area (Å²) in [5.41, 5.74) is 1.49. The lowest BCUT2D eigenvalue weighted by molar-refractivity contribution is -0.117. The van der Waals surface area contributed by atoms with Gasteiger partial charge in [0.05, 0.1) is 0 Å². The Morgan fingerprint density at radius 1 is 1.48 bits per heavy atom. The Hall–Kier alpha value is -2.52. The van der Waals surface area contributed by atoms with Crippen molar-refractivity contribution in [2.75, 3.05) is 18.4 Å². The number of nitrogens with zero attached hydrogens (tertiary/aromatic N) is 3. The second-order valence-electron chi connectivity index (χ2n) is 5.54. The molecule has 1 aliphatic rings. The number of hydrogen-bond acceptors (Lipinski definition) is 5. The number of carbonyl (C=O) groups is 1. The smallest absolute Gasteiger partial charge is 0.231 e. The molecule has 1 fully saturated rings. The second kappa shape index (κ2) is 6.71. The monoisotopic (exact) mass is 330 g/mol. The summed E-state index contributed by atoms with van der Waals surface area (Å²) in [5, 5.41) is 16.1. The zero-order valence-electron chi connectivity index (χ0n) is 12.3. The van der Waals surface area contributed by atoms with E-state index in [4.69, 9.17) is 21.4 Å². The van der Waals surface area contributed by atoms with E-state index in [0.29, 0.717) is 29.6 Å². The van der Waals surface area contributed by atoms with E-state index < -0.39 is 0 Å². The molecule has 0 saturated carbocycles. The van der Waals surface area contributed by atoms with Gasteiger partial charge in [0.15, 0.2) is 6.19 Å². The van der Waals surface area contributed by atoms with Gasteiger partial charge in [-0.2, -0.15) is 5.26 Å². The minimum absolute atomic E-state index is 0.131. The molecule has 1 amide bonds. The van der Waals surface area contributed by atoms with Crippen LogP contribution in [0.2, 0.25) is 5.02 Å². The molecule has 2 aromatic rings. The van der Waals surface area contributed by atoms with Crippen LogP contribution in [0.5, 0.6) is 0 Å². The van der Waals surface area contributed by atoms with Crippen LogP contribution in [0.15, 0.2) is 34.9 Å². The van der Waals surface area contributed by atoms with Gasteiger partial charge in [0, 0.05) is 36.2 Å². The molecule has 2 heterocycles. The summed E-state index contributed by atoms with van der Waals surface area (Å²) in [7, 11) is 0. The standard InChI is InChI=1S/C16H15ClN4O2/c17-13-3-1-12(2-4-13)14-8-16(23-20-14)19-15(22)7-11-5-6-21(9-11)10-18/h1-4,8,11H,5-7,9H2,(H,19,22)/t11-/m0/s1. The Morgan fingerprint density at radius 3 is 2.96 bits per heavy atom. The molecule has 1 saturated heterocycles. The van der Waals surface area contributed by atoms with Gasteiger partial charge in [-0.15, -0.1) is 0 Å². The largest absolute Gasteiger partial charge is 0.338 e. The van der Waals surface area contributed by atoms with Crippen LogP contribution in [0.1, 0.15) is 12.8 Å². The highest BCUT2D eigenvalue weighted by Gasteiger charge is 2.24. The number of likely N-dealkylation sites (tertiary alicyclic amines) is 1. The Labute approximate surface area is 138 Å². The number of rotatable bonds is 4. The molecule has 6 nitrogen and oxygen atoms in total. The highest BCUT2D eigenvalue weighted by molar-refractivity contribution is 6.30. The Morgan fingerprint density at radius 2 is 2.26 bits per heavy atom. The zero-order valence-corrected chi connectivity index (χ0v) is 13.1. The van der Waals surface area contributed by atoms with Crippen LogP contribution in [0, 0.1) is 17.4 Å². The van der Waals surface area contributed by atoms with E-state index in [2.05, 4.69) is 16.7 Å². The number of amides is 1. The van der Waals surface area contributed by atoms with Crippen molar-refractivity contribution in [1.82, 2.24) is 10.1 Å². The van der Waals surface area contributed by atoms with Crippen LogP contribution < -0.4 is 5.32 Å². The predicted octanol–water partition coefficient (Wildman–Crippen LogP) is 3.13. The molecule has 0 bridgehead atoms. The van der Waals surface area contributed by atoms with Crippen molar-refractivity contribution in [3.8, 4) is 17.5 Å². The highest BCUT2D eigenvalue weighted by Crippen LogP contribution is 2.24. The third-order valence-electron chi connectivity index (χ3n) is 3.81. The van der Waals surface area contributed by atoms with Gasteiger partial charge in [-0.3, -0.25) is 10.1 Å². The zero-order chi connectivity index (χ0) is 16.2. The fraction of sp³-hybridized carbons (Fsp3) is 0.312. The van der Waals surface area contributed by atoms with Crippen LogP contribution in [0.25, 0.3) is 11.3 Å². The van der Waals surface area contributed by atoms with Gasteiger partial charge in [-0.1, -0.05) is 28.9 Å². The van der Waals surface area contributed by atoms with Crippen LogP contribution in [0.4, 0.5) is 5.88 Å². The summed E-state index contributed by atoms with van der Waals surface area (Å²) < 4.78 is 5.15. The normalized spacial score (nSPS) is 17.0. The van der Waals surface area contributed by atoms with Gasteiger partial charge in [0.1, 0.15) is 5.69 Å². The van der Waals surface area contributed by atoms with E-state index in [1.807, 2.05) is 12.1 Å². The lowest BCUT2D eigenvalue weighted by Gasteiger charge is -2.08. The molecule has 0 spiro atoms. The molecule has 0 aliphatic carbocycles. The predicted molar refractivity (Wildman–Crippen MR) is 85.5 cm³/mol. The molecule has 1 atom stereocenters.